The molecule has 2 rings (SSSR count). The van der Waals surface area contributed by atoms with Crippen LogP contribution in [-0.4, -0.2) is 13.0 Å². The molecular weight excluding hydrogens is 238 g/mol. The number of carbonyl (C=O) groups is 1. The second-order valence-electron chi connectivity index (χ2n) is 5.75. The Balaban J connectivity index is 1.97. The molecule has 0 heterocycles. The van der Waals surface area contributed by atoms with Gasteiger partial charge in [0.1, 0.15) is 5.75 Å². The van der Waals surface area contributed by atoms with E-state index in [0.29, 0.717) is 6.54 Å². The van der Waals surface area contributed by atoms with Crippen LogP contribution in [0.2, 0.25) is 0 Å². The van der Waals surface area contributed by atoms with E-state index in [-0.39, 0.29) is 11.3 Å². The number of hydrogen-bond acceptors (Lipinski definition) is 2. The van der Waals surface area contributed by atoms with Crippen LogP contribution >= 0.6 is 0 Å². The summed E-state index contributed by atoms with van der Waals surface area (Å²) in [5, 5.41) is 3.06. The van der Waals surface area contributed by atoms with Gasteiger partial charge in [0.25, 0.3) is 0 Å². The quantitative estimate of drug-likeness (QED) is 0.904. The Morgan fingerprint density at radius 2 is 2.05 bits per heavy atom. The smallest absolute Gasteiger partial charge is 0.226 e. The van der Waals surface area contributed by atoms with E-state index in [1.54, 1.807) is 7.11 Å². The first-order valence-electron chi connectivity index (χ1n) is 6.97. The van der Waals surface area contributed by atoms with Crippen molar-refractivity contribution >= 4 is 5.91 Å². The van der Waals surface area contributed by atoms with Crippen molar-refractivity contribution in [2.24, 2.45) is 5.41 Å². The first-order valence-corrected chi connectivity index (χ1v) is 6.97. The molecule has 0 spiro atoms. The summed E-state index contributed by atoms with van der Waals surface area (Å²) in [6, 6.07) is 6.05. The highest BCUT2D eigenvalue weighted by molar-refractivity contribution is 5.82. The summed E-state index contributed by atoms with van der Waals surface area (Å²) in [7, 11) is 1.67. The molecule has 1 amide bonds. The number of aryl methyl sites for hydroxylation is 1. The number of ether oxygens (including phenoxy) is 1. The molecular formula is C16H23NO2. The van der Waals surface area contributed by atoms with Gasteiger partial charge < -0.3 is 10.1 Å². The Kier molecular flexibility index (Phi) is 4.13. The first-order chi connectivity index (χ1) is 9.05. The third-order valence-corrected chi connectivity index (χ3v) is 4.18. The summed E-state index contributed by atoms with van der Waals surface area (Å²) >= 11 is 0. The molecule has 104 valence electrons. The summed E-state index contributed by atoms with van der Waals surface area (Å²) in [5.41, 5.74) is 2.03. The Hall–Kier alpha value is -1.51. The lowest BCUT2D eigenvalue weighted by Gasteiger charge is -2.22. The molecule has 1 aromatic rings. The molecule has 1 aliphatic rings. The molecule has 3 nitrogen and oxygen atoms in total. The third-order valence-electron chi connectivity index (χ3n) is 4.18. The normalized spacial score (nSPS) is 17.2. The molecule has 0 radical (unpaired) electrons. The van der Waals surface area contributed by atoms with Gasteiger partial charge in [-0.2, -0.15) is 0 Å². The van der Waals surface area contributed by atoms with Crippen LogP contribution in [0, 0.1) is 12.3 Å². The summed E-state index contributed by atoms with van der Waals surface area (Å²) in [6.45, 7) is 4.66. The Bertz CT molecular complexity index is 462. The van der Waals surface area contributed by atoms with Gasteiger partial charge in [-0.05, 0) is 37.0 Å². The minimum Gasteiger partial charge on any atom is -0.496 e. The van der Waals surface area contributed by atoms with Gasteiger partial charge in [0.15, 0.2) is 0 Å². The van der Waals surface area contributed by atoms with Crippen molar-refractivity contribution in [3.05, 3.63) is 29.3 Å². The van der Waals surface area contributed by atoms with Crippen LogP contribution in [0.25, 0.3) is 0 Å². The molecule has 3 heteroatoms. The van der Waals surface area contributed by atoms with E-state index >= 15 is 0 Å². The Labute approximate surface area is 115 Å². The molecule has 1 aromatic carbocycles. The highest BCUT2D eigenvalue weighted by Crippen LogP contribution is 2.37. The summed E-state index contributed by atoms with van der Waals surface area (Å²) in [6.07, 6.45) is 4.36. The number of amides is 1. The molecule has 0 saturated heterocycles. The van der Waals surface area contributed by atoms with Crippen LogP contribution < -0.4 is 10.1 Å². The summed E-state index contributed by atoms with van der Waals surface area (Å²) < 4.78 is 5.30. The van der Waals surface area contributed by atoms with Crippen molar-refractivity contribution < 1.29 is 9.53 Å². The van der Waals surface area contributed by atoms with E-state index in [1.807, 2.05) is 25.1 Å². The van der Waals surface area contributed by atoms with Crippen molar-refractivity contribution in [1.82, 2.24) is 5.32 Å². The average Bonchev–Trinajstić information content (AvgIpc) is 2.85. The molecule has 1 fully saturated rings. The molecule has 1 aliphatic carbocycles. The lowest BCUT2D eigenvalue weighted by atomic mass is 9.88. The predicted molar refractivity (Wildman–Crippen MR) is 76.2 cm³/mol. The van der Waals surface area contributed by atoms with E-state index < -0.39 is 0 Å². The fourth-order valence-electron chi connectivity index (χ4n) is 2.75. The van der Waals surface area contributed by atoms with E-state index in [4.69, 9.17) is 4.74 Å². The summed E-state index contributed by atoms with van der Waals surface area (Å²) in [5.74, 6) is 1.06. The number of carbonyl (C=O) groups excluding carboxylic acids is 1. The molecule has 19 heavy (non-hydrogen) atoms. The van der Waals surface area contributed by atoms with E-state index in [0.717, 1.165) is 29.7 Å². The zero-order valence-electron chi connectivity index (χ0n) is 12.1. The number of hydrogen-bond donors (Lipinski definition) is 1. The number of nitrogens with one attached hydrogen (secondary N) is 1. The zero-order chi connectivity index (χ0) is 13.9. The lowest BCUT2D eigenvalue weighted by Crippen LogP contribution is -2.36. The van der Waals surface area contributed by atoms with E-state index in [2.05, 4.69) is 12.2 Å². The standard InChI is InChI=1S/C16H23NO2/c1-12-6-7-13(10-14(12)19-3)11-17-15(18)16(2)8-4-5-9-16/h6-7,10H,4-5,8-9,11H2,1-3H3,(H,17,18). The Morgan fingerprint density at radius 3 is 2.68 bits per heavy atom. The first kappa shape index (κ1) is 13.9. The topological polar surface area (TPSA) is 38.3 Å². The van der Waals surface area contributed by atoms with Gasteiger partial charge in [0, 0.05) is 12.0 Å². The highest BCUT2D eigenvalue weighted by Gasteiger charge is 2.35. The largest absolute Gasteiger partial charge is 0.496 e. The van der Waals surface area contributed by atoms with Gasteiger partial charge in [-0.1, -0.05) is 31.9 Å². The minimum absolute atomic E-state index is 0.158. The van der Waals surface area contributed by atoms with Crippen molar-refractivity contribution in [3.63, 3.8) is 0 Å². The highest BCUT2D eigenvalue weighted by atomic mass is 16.5. The zero-order valence-corrected chi connectivity index (χ0v) is 12.1. The van der Waals surface area contributed by atoms with Gasteiger partial charge >= 0.3 is 0 Å². The van der Waals surface area contributed by atoms with Gasteiger partial charge in [-0.15, -0.1) is 0 Å². The maximum Gasteiger partial charge on any atom is 0.226 e. The molecule has 0 aromatic heterocycles. The van der Waals surface area contributed by atoms with Crippen LogP contribution in [0.4, 0.5) is 0 Å². The minimum atomic E-state index is -0.158. The molecule has 0 bridgehead atoms. The third kappa shape index (κ3) is 3.09. The van der Waals surface area contributed by atoms with Crippen molar-refractivity contribution in [2.45, 2.75) is 46.1 Å². The van der Waals surface area contributed by atoms with Gasteiger partial charge in [-0.3, -0.25) is 4.79 Å². The fraction of sp³-hybridized carbons (Fsp3) is 0.562. The van der Waals surface area contributed by atoms with Gasteiger partial charge in [-0.25, -0.2) is 0 Å². The molecule has 0 aliphatic heterocycles. The van der Waals surface area contributed by atoms with Crippen LogP contribution in [0.3, 0.4) is 0 Å². The lowest BCUT2D eigenvalue weighted by molar-refractivity contribution is -0.130. The van der Waals surface area contributed by atoms with Crippen molar-refractivity contribution in [3.8, 4) is 5.75 Å². The fourth-order valence-corrected chi connectivity index (χ4v) is 2.75. The molecule has 0 atom stereocenters. The second kappa shape index (κ2) is 5.64. The van der Waals surface area contributed by atoms with Crippen molar-refractivity contribution in [2.75, 3.05) is 7.11 Å². The van der Waals surface area contributed by atoms with Crippen LogP contribution in [0.15, 0.2) is 18.2 Å². The Morgan fingerprint density at radius 1 is 1.37 bits per heavy atom. The SMILES string of the molecule is COc1cc(CNC(=O)C2(C)CCCC2)ccc1C. The predicted octanol–water partition coefficient (Wildman–Crippen LogP) is 3.20. The number of benzene rings is 1. The van der Waals surface area contributed by atoms with Gasteiger partial charge in [0.2, 0.25) is 5.91 Å². The van der Waals surface area contributed by atoms with Crippen LogP contribution in [0.5, 0.6) is 5.75 Å². The van der Waals surface area contributed by atoms with Crippen LogP contribution in [-0.2, 0) is 11.3 Å². The van der Waals surface area contributed by atoms with E-state index in [1.165, 1.54) is 12.8 Å². The maximum absolute atomic E-state index is 12.2. The average molecular weight is 261 g/mol. The second-order valence-corrected chi connectivity index (χ2v) is 5.75. The molecule has 0 unspecified atom stereocenters. The number of rotatable bonds is 4. The maximum atomic E-state index is 12.2. The number of methoxy groups -OCH3 is 1. The molecule has 1 N–H and O–H groups in total. The van der Waals surface area contributed by atoms with Gasteiger partial charge in [0.05, 0.1) is 7.11 Å². The van der Waals surface area contributed by atoms with Crippen molar-refractivity contribution in [1.29, 1.82) is 0 Å². The summed E-state index contributed by atoms with van der Waals surface area (Å²) in [4.78, 5) is 12.2. The monoisotopic (exact) mass is 261 g/mol. The molecule has 1 saturated carbocycles. The van der Waals surface area contributed by atoms with Crippen LogP contribution in [0.1, 0.15) is 43.7 Å². The van der Waals surface area contributed by atoms with E-state index in [9.17, 15) is 4.79 Å².